The van der Waals surface area contributed by atoms with E-state index < -0.39 is 11.8 Å². The predicted octanol–water partition coefficient (Wildman–Crippen LogP) is 2.33. The monoisotopic (exact) mass is 260 g/mol. The van der Waals surface area contributed by atoms with Crippen LogP contribution in [-0.4, -0.2) is 35.7 Å². The van der Waals surface area contributed by atoms with E-state index in [0.29, 0.717) is 6.54 Å². The number of hydrogen-bond acceptors (Lipinski definition) is 2. The Morgan fingerprint density at radius 1 is 1.59 bits per heavy atom. The van der Waals surface area contributed by atoms with E-state index in [-0.39, 0.29) is 23.9 Å². The van der Waals surface area contributed by atoms with E-state index in [9.17, 15) is 9.18 Å². The number of likely N-dealkylation sites (N-methyl/N-ethyl adjacent to an activating group) is 1. The highest BCUT2D eigenvalue weighted by molar-refractivity contribution is 6.33. The molecule has 1 rings (SSSR count). The van der Waals surface area contributed by atoms with E-state index in [1.807, 2.05) is 0 Å². The van der Waals surface area contributed by atoms with Gasteiger partial charge in [0.15, 0.2) is 0 Å². The van der Waals surface area contributed by atoms with Gasteiger partial charge < -0.3 is 15.3 Å². The van der Waals surface area contributed by atoms with Gasteiger partial charge in [-0.1, -0.05) is 17.7 Å². The maximum absolute atomic E-state index is 13.4. The van der Waals surface area contributed by atoms with Gasteiger partial charge in [-0.3, -0.25) is 0 Å². The van der Waals surface area contributed by atoms with Gasteiger partial charge in [0.25, 0.3) is 0 Å². The molecule has 0 aromatic heterocycles. The summed E-state index contributed by atoms with van der Waals surface area (Å²) in [6.07, 6.45) is 0. The van der Waals surface area contributed by atoms with Crippen LogP contribution in [0.2, 0.25) is 5.02 Å². The summed E-state index contributed by atoms with van der Waals surface area (Å²) in [7, 11) is 0. The number of hydrogen-bond donors (Lipinski definition) is 2. The van der Waals surface area contributed by atoms with E-state index in [2.05, 4.69) is 5.32 Å². The van der Waals surface area contributed by atoms with E-state index in [0.717, 1.165) is 0 Å². The summed E-state index contributed by atoms with van der Waals surface area (Å²) in [4.78, 5) is 13.1. The molecule has 1 aromatic carbocycles. The Bertz CT molecular complexity index is 381. The molecule has 0 unspecified atom stereocenters. The zero-order valence-electron chi connectivity index (χ0n) is 9.41. The Labute approximate surface area is 104 Å². The molecule has 2 N–H and O–H groups in total. The molecule has 4 nitrogen and oxygen atoms in total. The van der Waals surface area contributed by atoms with Crippen molar-refractivity contribution in [2.24, 2.45) is 0 Å². The fraction of sp³-hybridized carbons (Fsp3) is 0.364. The quantitative estimate of drug-likeness (QED) is 0.873. The summed E-state index contributed by atoms with van der Waals surface area (Å²) in [5, 5.41) is 11.3. The lowest BCUT2D eigenvalue weighted by Crippen LogP contribution is -2.37. The maximum Gasteiger partial charge on any atom is 0.322 e. The molecular weight excluding hydrogens is 247 g/mol. The first-order valence-corrected chi connectivity index (χ1v) is 5.58. The molecule has 0 aliphatic rings. The van der Waals surface area contributed by atoms with E-state index in [1.165, 1.54) is 23.1 Å². The zero-order valence-corrected chi connectivity index (χ0v) is 10.2. The molecule has 2 amide bonds. The number of benzene rings is 1. The van der Waals surface area contributed by atoms with Crippen molar-refractivity contribution in [3.05, 3.63) is 29.0 Å². The number of urea groups is 1. The second-order valence-corrected chi connectivity index (χ2v) is 3.74. The van der Waals surface area contributed by atoms with Crippen molar-refractivity contribution in [1.29, 1.82) is 0 Å². The van der Waals surface area contributed by atoms with Crippen molar-refractivity contribution in [2.45, 2.75) is 6.92 Å². The van der Waals surface area contributed by atoms with Gasteiger partial charge in [0, 0.05) is 13.1 Å². The highest BCUT2D eigenvalue weighted by atomic mass is 35.5. The first-order valence-electron chi connectivity index (χ1n) is 5.21. The van der Waals surface area contributed by atoms with Gasteiger partial charge in [0.1, 0.15) is 5.82 Å². The third-order valence-electron chi connectivity index (χ3n) is 2.23. The second-order valence-electron chi connectivity index (χ2n) is 3.33. The van der Waals surface area contributed by atoms with Crippen LogP contribution in [0.3, 0.4) is 0 Å². The molecular formula is C11H14ClFN2O2. The first-order chi connectivity index (χ1) is 8.10. The van der Waals surface area contributed by atoms with E-state index >= 15 is 0 Å². The van der Waals surface area contributed by atoms with Crippen LogP contribution in [0, 0.1) is 5.82 Å². The molecule has 0 saturated heterocycles. The van der Waals surface area contributed by atoms with Crippen LogP contribution < -0.4 is 5.32 Å². The number of carbonyl (C=O) groups excluding carboxylic acids is 1. The molecule has 0 fully saturated rings. The van der Waals surface area contributed by atoms with E-state index in [1.54, 1.807) is 6.92 Å². The normalized spacial score (nSPS) is 10.1. The largest absolute Gasteiger partial charge is 0.395 e. The van der Waals surface area contributed by atoms with Crippen LogP contribution in [0.4, 0.5) is 14.9 Å². The lowest BCUT2D eigenvalue weighted by Gasteiger charge is -2.20. The van der Waals surface area contributed by atoms with E-state index in [4.69, 9.17) is 16.7 Å². The standard InChI is InChI=1S/C11H14ClFN2O2/c1-2-15(6-7-16)11(17)14-10-8(12)4-3-5-9(10)13/h3-5,16H,2,6-7H2,1H3,(H,14,17). The Hall–Kier alpha value is -1.33. The van der Waals surface area contributed by atoms with Gasteiger partial charge in [-0.15, -0.1) is 0 Å². The zero-order chi connectivity index (χ0) is 12.8. The smallest absolute Gasteiger partial charge is 0.322 e. The summed E-state index contributed by atoms with van der Waals surface area (Å²) in [5.74, 6) is -0.592. The summed E-state index contributed by atoms with van der Waals surface area (Å²) in [6, 6.07) is 3.67. The Balaban J connectivity index is 2.80. The van der Waals surface area contributed by atoms with Gasteiger partial charge in [0.2, 0.25) is 0 Å². The maximum atomic E-state index is 13.4. The fourth-order valence-electron chi connectivity index (χ4n) is 1.33. The number of carbonyl (C=O) groups is 1. The molecule has 0 spiro atoms. The molecule has 0 atom stereocenters. The average Bonchev–Trinajstić information content (AvgIpc) is 2.30. The lowest BCUT2D eigenvalue weighted by molar-refractivity contribution is 0.192. The molecule has 94 valence electrons. The van der Waals surface area contributed by atoms with Crippen molar-refractivity contribution in [3.63, 3.8) is 0 Å². The minimum Gasteiger partial charge on any atom is -0.395 e. The Morgan fingerprint density at radius 2 is 2.29 bits per heavy atom. The molecule has 0 heterocycles. The highest BCUT2D eigenvalue weighted by Gasteiger charge is 2.15. The van der Waals surface area contributed by atoms with Crippen LogP contribution in [0.15, 0.2) is 18.2 Å². The van der Waals surface area contributed by atoms with Crippen molar-refractivity contribution < 1.29 is 14.3 Å². The third kappa shape index (κ3) is 3.57. The van der Waals surface area contributed by atoms with Crippen molar-refractivity contribution >= 4 is 23.3 Å². The van der Waals surface area contributed by atoms with Gasteiger partial charge in [-0.25, -0.2) is 9.18 Å². The molecule has 0 saturated carbocycles. The number of aliphatic hydroxyl groups excluding tert-OH is 1. The number of anilines is 1. The third-order valence-corrected chi connectivity index (χ3v) is 2.55. The van der Waals surface area contributed by atoms with Crippen molar-refractivity contribution in [2.75, 3.05) is 25.0 Å². The highest BCUT2D eigenvalue weighted by Crippen LogP contribution is 2.24. The molecule has 0 aliphatic carbocycles. The Kier molecular flexibility index (Phi) is 5.18. The minimum absolute atomic E-state index is 0.0458. The first kappa shape index (κ1) is 13.7. The molecule has 17 heavy (non-hydrogen) atoms. The number of nitrogens with zero attached hydrogens (tertiary/aromatic N) is 1. The fourth-order valence-corrected chi connectivity index (χ4v) is 1.54. The van der Waals surface area contributed by atoms with Crippen LogP contribution in [0.25, 0.3) is 0 Å². The summed E-state index contributed by atoms with van der Waals surface area (Å²) >= 11 is 5.78. The van der Waals surface area contributed by atoms with Gasteiger partial charge >= 0.3 is 6.03 Å². The van der Waals surface area contributed by atoms with Crippen molar-refractivity contribution in [3.8, 4) is 0 Å². The SMILES string of the molecule is CCN(CCO)C(=O)Nc1c(F)cccc1Cl. The van der Waals surface area contributed by atoms with Crippen LogP contribution >= 0.6 is 11.6 Å². The molecule has 0 radical (unpaired) electrons. The van der Waals surface area contributed by atoms with Gasteiger partial charge in [-0.2, -0.15) is 0 Å². The van der Waals surface area contributed by atoms with Gasteiger partial charge in [-0.05, 0) is 19.1 Å². The van der Waals surface area contributed by atoms with Crippen LogP contribution in [0.5, 0.6) is 0 Å². The number of nitrogens with one attached hydrogen (secondary N) is 1. The summed E-state index contributed by atoms with van der Waals surface area (Å²) in [6.45, 7) is 2.22. The Morgan fingerprint density at radius 3 is 2.82 bits per heavy atom. The average molecular weight is 261 g/mol. The van der Waals surface area contributed by atoms with Gasteiger partial charge in [0.05, 0.1) is 17.3 Å². The molecule has 0 aliphatic heterocycles. The van der Waals surface area contributed by atoms with Crippen LogP contribution in [0.1, 0.15) is 6.92 Å². The van der Waals surface area contributed by atoms with Crippen molar-refractivity contribution in [1.82, 2.24) is 4.90 Å². The van der Waals surface area contributed by atoms with Crippen LogP contribution in [-0.2, 0) is 0 Å². The number of amides is 2. The number of para-hydroxylation sites is 1. The molecule has 0 bridgehead atoms. The summed E-state index contributed by atoms with van der Waals surface area (Å²) < 4.78 is 13.4. The summed E-state index contributed by atoms with van der Waals surface area (Å²) in [5.41, 5.74) is -0.0458. The lowest BCUT2D eigenvalue weighted by atomic mass is 10.3. The molecule has 1 aromatic rings. The predicted molar refractivity (Wildman–Crippen MR) is 64.8 cm³/mol. The number of rotatable bonds is 4. The minimum atomic E-state index is -0.592. The number of halogens is 2. The molecule has 6 heteroatoms. The topological polar surface area (TPSA) is 52.6 Å². The second kappa shape index (κ2) is 6.42. The number of aliphatic hydroxyl groups is 1.